The van der Waals surface area contributed by atoms with E-state index in [0.29, 0.717) is 24.4 Å². The first kappa shape index (κ1) is 15.5. The van der Waals surface area contributed by atoms with Crippen LogP contribution >= 0.6 is 0 Å². The Morgan fingerprint density at radius 2 is 2.14 bits per heavy atom. The third-order valence-electron chi connectivity index (χ3n) is 4.15. The molecule has 21 heavy (non-hydrogen) atoms. The van der Waals surface area contributed by atoms with Crippen molar-refractivity contribution in [1.29, 1.82) is 0 Å². The van der Waals surface area contributed by atoms with Crippen molar-refractivity contribution in [2.24, 2.45) is 11.7 Å². The van der Waals surface area contributed by atoms with Gasteiger partial charge in [-0.3, -0.25) is 14.5 Å². The lowest BCUT2D eigenvalue weighted by molar-refractivity contribution is -0.123. The zero-order valence-corrected chi connectivity index (χ0v) is 12.5. The van der Waals surface area contributed by atoms with E-state index in [1.807, 2.05) is 11.0 Å². The molecular formula is C16H22N2O3. The molecule has 1 aliphatic rings. The van der Waals surface area contributed by atoms with Crippen LogP contribution in [0.5, 0.6) is 5.75 Å². The summed E-state index contributed by atoms with van der Waals surface area (Å²) in [7, 11) is 1.58. The second-order valence-corrected chi connectivity index (χ2v) is 5.61. The van der Waals surface area contributed by atoms with E-state index in [1.54, 1.807) is 25.3 Å². The number of methoxy groups -OCH3 is 1. The van der Waals surface area contributed by atoms with Crippen molar-refractivity contribution in [3.63, 3.8) is 0 Å². The summed E-state index contributed by atoms with van der Waals surface area (Å²) >= 11 is 0. The van der Waals surface area contributed by atoms with E-state index in [9.17, 15) is 9.59 Å². The second kappa shape index (κ2) is 6.72. The third-order valence-corrected chi connectivity index (χ3v) is 4.15. The number of hydrogen-bond donors (Lipinski definition) is 1. The van der Waals surface area contributed by atoms with Gasteiger partial charge in [0, 0.05) is 18.2 Å². The molecule has 0 aromatic heterocycles. The van der Waals surface area contributed by atoms with Crippen molar-refractivity contribution in [1.82, 2.24) is 4.90 Å². The van der Waals surface area contributed by atoms with Crippen molar-refractivity contribution in [2.75, 3.05) is 20.2 Å². The van der Waals surface area contributed by atoms with Crippen LogP contribution < -0.4 is 10.5 Å². The minimum atomic E-state index is -0.277. The van der Waals surface area contributed by atoms with Crippen LogP contribution in [0.15, 0.2) is 24.3 Å². The van der Waals surface area contributed by atoms with Crippen molar-refractivity contribution >= 4 is 11.7 Å². The minimum absolute atomic E-state index is 0.0332. The van der Waals surface area contributed by atoms with Crippen molar-refractivity contribution in [3.05, 3.63) is 29.8 Å². The Morgan fingerprint density at radius 1 is 1.38 bits per heavy atom. The number of ether oxygens (including phenoxy) is 1. The molecule has 0 aliphatic carbocycles. The maximum atomic E-state index is 12.4. The van der Waals surface area contributed by atoms with Gasteiger partial charge in [-0.25, -0.2) is 0 Å². The number of nitrogens with zero attached hydrogens (tertiary/aromatic N) is 1. The van der Waals surface area contributed by atoms with Crippen LogP contribution in [0.1, 0.15) is 30.1 Å². The Hall–Kier alpha value is -1.88. The molecule has 2 N–H and O–H groups in total. The summed E-state index contributed by atoms with van der Waals surface area (Å²) in [6.07, 6.45) is 1.69. The number of carbonyl (C=O) groups excluding carboxylic acids is 2. The van der Waals surface area contributed by atoms with Crippen molar-refractivity contribution < 1.29 is 14.3 Å². The van der Waals surface area contributed by atoms with Gasteiger partial charge in [0.15, 0.2) is 5.78 Å². The van der Waals surface area contributed by atoms with Gasteiger partial charge in [0.1, 0.15) is 5.75 Å². The molecule has 1 saturated heterocycles. The number of nitrogens with two attached hydrogens (primary N) is 1. The Bertz CT molecular complexity index is 530. The van der Waals surface area contributed by atoms with Crippen LogP contribution in [0, 0.1) is 5.92 Å². The lowest BCUT2D eigenvalue weighted by atomic mass is 9.92. The maximum Gasteiger partial charge on any atom is 0.221 e. The molecule has 0 bridgehead atoms. The fraction of sp³-hybridized carbons (Fsp3) is 0.500. The number of likely N-dealkylation sites (tertiary alicyclic amines) is 1. The average Bonchev–Trinajstić information content (AvgIpc) is 2.49. The van der Waals surface area contributed by atoms with Gasteiger partial charge < -0.3 is 10.5 Å². The summed E-state index contributed by atoms with van der Waals surface area (Å²) < 4.78 is 5.14. The van der Waals surface area contributed by atoms with Crippen molar-refractivity contribution in [3.8, 4) is 5.75 Å². The standard InChI is InChI=1S/C16H22N2O3/c1-11-6-7-13(16(17)20)9-18(11)10-15(19)12-4-3-5-14(8-12)21-2/h3-5,8,11,13H,6-7,9-10H2,1-2H3,(H2,17,20). The van der Waals surface area contributed by atoms with Gasteiger partial charge >= 0.3 is 0 Å². The van der Waals surface area contributed by atoms with Crippen LogP contribution in [-0.2, 0) is 4.79 Å². The molecule has 1 aromatic carbocycles. The van der Waals surface area contributed by atoms with E-state index in [4.69, 9.17) is 10.5 Å². The first-order valence-electron chi connectivity index (χ1n) is 7.22. The van der Waals surface area contributed by atoms with E-state index in [-0.39, 0.29) is 23.7 Å². The molecule has 114 valence electrons. The fourth-order valence-electron chi connectivity index (χ4n) is 2.70. The highest BCUT2D eigenvalue weighted by atomic mass is 16.5. The quantitative estimate of drug-likeness (QED) is 0.833. The number of carbonyl (C=O) groups is 2. The number of amides is 1. The molecule has 5 heteroatoms. The SMILES string of the molecule is COc1cccc(C(=O)CN2CC(C(N)=O)CCC2C)c1. The first-order chi connectivity index (χ1) is 10.0. The molecule has 0 radical (unpaired) electrons. The van der Waals surface area contributed by atoms with Gasteiger partial charge in [-0.1, -0.05) is 12.1 Å². The van der Waals surface area contributed by atoms with Gasteiger partial charge in [-0.2, -0.15) is 0 Å². The lowest BCUT2D eigenvalue weighted by Crippen LogP contribution is -2.47. The topological polar surface area (TPSA) is 72.6 Å². The number of ketones is 1. The second-order valence-electron chi connectivity index (χ2n) is 5.61. The number of primary amides is 1. The summed E-state index contributed by atoms with van der Waals surface area (Å²) in [6.45, 7) is 2.94. The number of benzene rings is 1. The molecule has 2 unspecified atom stereocenters. The number of piperidine rings is 1. The third kappa shape index (κ3) is 3.82. The maximum absolute atomic E-state index is 12.4. The lowest BCUT2D eigenvalue weighted by Gasteiger charge is -2.36. The summed E-state index contributed by atoms with van der Waals surface area (Å²) in [5.74, 6) is 0.272. The largest absolute Gasteiger partial charge is 0.497 e. The molecule has 2 atom stereocenters. The van der Waals surface area contributed by atoms with Gasteiger partial charge in [0.05, 0.1) is 19.6 Å². The number of rotatable bonds is 5. The monoisotopic (exact) mass is 290 g/mol. The Kier molecular flexibility index (Phi) is 4.96. The van der Waals surface area contributed by atoms with Gasteiger partial charge in [0.2, 0.25) is 5.91 Å². The van der Waals surface area contributed by atoms with Gasteiger partial charge in [-0.15, -0.1) is 0 Å². The molecule has 1 amide bonds. The summed E-state index contributed by atoms with van der Waals surface area (Å²) in [5, 5.41) is 0. The molecular weight excluding hydrogens is 268 g/mol. The number of Topliss-reactive ketones (excluding diaryl/α,β-unsaturated/α-hetero) is 1. The van der Waals surface area contributed by atoms with Crippen LogP contribution in [-0.4, -0.2) is 42.8 Å². The Labute approximate surface area is 125 Å². The Morgan fingerprint density at radius 3 is 2.81 bits per heavy atom. The summed E-state index contributed by atoms with van der Waals surface area (Å²) in [5.41, 5.74) is 6.02. The van der Waals surface area contributed by atoms with E-state index < -0.39 is 0 Å². The fourth-order valence-corrected chi connectivity index (χ4v) is 2.70. The van der Waals surface area contributed by atoms with Gasteiger partial charge in [-0.05, 0) is 31.9 Å². The minimum Gasteiger partial charge on any atom is -0.497 e. The van der Waals surface area contributed by atoms with E-state index in [0.717, 1.165) is 12.8 Å². The smallest absolute Gasteiger partial charge is 0.221 e. The first-order valence-corrected chi connectivity index (χ1v) is 7.22. The van der Waals surface area contributed by atoms with Crippen LogP contribution in [0.25, 0.3) is 0 Å². The van der Waals surface area contributed by atoms with E-state index in [2.05, 4.69) is 6.92 Å². The molecule has 1 fully saturated rings. The van der Waals surface area contributed by atoms with E-state index in [1.165, 1.54) is 0 Å². The highest BCUT2D eigenvalue weighted by molar-refractivity contribution is 5.98. The highest BCUT2D eigenvalue weighted by Crippen LogP contribution is 2.22. The molecule has 0 spiro atoms. The van der Waals surface area contributed by atoms with E-state index >= 15 is 0 Å². The predicted octanol–water partition coefficient (Wildman–Crippen LogP) is 1.46. The van der Waals surface area contributed by atoms with Crippen LogP contribution in [0.2, 0.25) is 0 Å². The van der Waals surface area contributed by atoms with Crippen LogP contribution in [0.4, 0.5) is 0 Å². The zero-order chi connectivity index (χ0) is 15.4. The van der Waals surface area contributed by atoms with Gasteiger partial charge in [0.25, 0.3) is 0 Å². The average molecular weight is 290 g/mol. The normalized spacial score (nSPS) is 22.8. The molecule has 0 saturated carbocycles. The molecule has 1 aromatic rings. The van der Waals surface area contributed by atoms with Crippen LogP contribution in [0.3, 0.4) is 0 Å². The Balaban J connectivity index is 2.04. The zero-order valence-electron chi connectivity index (χ0n) is 12.5. The molecule has 2 rings (SSSR count). The number of hydrogen-bond acceptors (Lipinski definition) is 4. The molecule has 1 aliphatic heterocycles. The predicted molar refractivity (Wildman–Crippen MR) is 80.3 cm³/mol. The highest BCUT2D eigenvalue weighted by Gasteiger charge is 2.29. The summed E-state index contributed by atoms with van der Waals surface area (Å²) in [4.78, 5) is 25.8. The van der Waals surface area contributed by atoms with Crippen molar-refractivity contribution in [2.45, 2.75) is 25.8 Å². The summed E-state index contributed by atoms with van der Waals surface area (Å²) in [6, 6.07) is 7.42. The molecule has 1 heterocycles. The molecule has 5 nitrogen and oxygen atoms in total.